The van der Waals surface area contributed by atoms with E-state index in [0.717, 1.165) is 64.4 Å². The number of rotatable bonds is 6. The van der Waals surface area contributed by atoms with Crippen LogP contribution < -0.4 is 25.2 Å². The second-order valence-corrected chi connectivity index (χ2v) is 18.3. The smallest absolute Gasteiger partial charge is 0.229 e. The van der Waals surface area contributed by atoms with E-state index >= 15 is 0 Å². The van der Waals surface area contributed by atoms with Crippen molar-refractivity contribution in [1.82, 2.24) is 19.9 Å². The molecular formula is C48H57BrN8O4. The Morgan fingerprint density at radius 2 is 1.07 bits per heavy atom. The number of nitrogens with one attached hydrogen (secondary N) is 2. The molecular weight excluding hydrogens is 832 g/mol. The van der Waals surface area contributed by atoms with Crippen molar-refractivity contribution in [3.05, 3.63) is 102 Å². The van der Waals surface area contributed by atoms with E-state index in [1.54, 1.807) is 18.2 Å². The van der Waals surface area contributed by atoms with Gasteiger partial charge in [-0.05, 0) is 93.1 Å². The van der Waals surface area contributed by atoms with Crippen LogP contribution in [-0.2, 0) is 9.59 Å². The van der Waals surface area contributed by atoms with E-state index in [1.165, 1.54) is 44.6 Å². The molecule has 61 heavy (non-hydrogen) atoms. The third-order valence-corrected chi connectivity index (χ3v) is 10.6. The monoisotopic (exact) mass is 888 g/mol. The van der Waals surface area contributed by atoms with Gasteiger partial charge in [-0.2, -0.15) is 0 Å². The summed E-state index contributed by atoms with van der Waals surface area (Å²) >= 11 is 3.47. The molecule has 12 nitrogen and oxygen atoms in total. The first kappa shape index (κ1) is 44.7. The van der Waals surface area contributed by atoms with Crippen molar-refractivity contribution in [2.24, 2.45) is 10.8 Å². The van der Waals surface area contributed by atoms with Crippen LogP contribution in [0.25, 0.3) is 22.1 Å². The molecule has 2 aromatic heterocycles. The number of fused-ring (bicyclic) bond motifs is 2. The van der Waals surface area contributed by atoms with Gasteiger partial charge >= 0.3 is 0 Å². The quantitative estimate of drug-likeness (QED) is 0.148. The molecule has 13 heteroatoms. The highest BCUT2D eigenvalue weighted by molar-refractivity contribution is 9.10. The summed E-state index contributed by atoms with van der Waals surface area (Å²) in [5.41, 5.74) is 4.01. The molecule has 320 valence electrons. The highest BCUT2D eigenvalue weighted by atomic mass is 79.9. The molecule has 0 atom stereocenters. The average molecular weight is 890 g/mol. The van der Waals surface area contributed by atoms with Crippen molar-refractivity contribution >= 4 is 72.8 Å². The largest absolute Gasteiger partial charge is 0.508 e. The summed E-state index contributed by atoms with van der Waals surface area (Å²) in [5.74, 6) is 3.32. The van der Waals surface area contributed by atoms with E-state index in [9.17, 15) is 14.7 Å². The van der Waals surface area contributed by atoms with Crippen molar-refractivity contribution in [1.29, 1.82) is 0 Å². The van der Waals surface area contributed by atoms with Gasteiger partial charge in [-0.25, -0.2) is 9.97 Å². The number of aromatic nitrogens is 4. The molecule has 0 aliphatic carbocycles. The third-order valence-electron chi connectivity index (χ3n) is 10.1. The van der Waals surface area contributed by atoms with Gasteiger partial charge in [-0.15, -0.1) is 0 Å². The van der Waals surface area contributed by atoms with Crippen molar-refractivity contribution < 1.29 is 19.4 Å². The van der Waals surface area contributed by atoms with E-state index in [1.807, 2.05) is 115 Å². The molecule has 0 bridgehead atoms. The van der Waals surface area contributed by atoms with Gasteiger partial charge in [0.05, 0.1) is 34.5 Å². The number of piperidine rings is 2. The highest BCUT2D eigenvalue weighted by Gasteiger charge is 2.22. The van der Waals surface area contributed by atoms with E-state index < -0.39 is 10.8 Å². The lowest BCUT2D eigenvalue weighted by Gasteiger charge is -2.27. The zero-order valence-corrected chi connectivity index (χ0v) is 37.6. The third kappa shape index (κ3) is 13.1. The second-order valence-electron chi connectivity index (χ2n) is 17.4. The molecule has 2 fully saturated rings. The number of ether oxygens (including phenoxy) is 1. The number of carbonyl (C=O) groups is 2. The topological polar surface area (TPSA) is 146 Å². The molecule has 8 rings (SSSR count). The lowest BCUT2D eigenvalue weighted by Crippen LogP contribution is -2.30. The fraction of sp³-hybridized carbons (Fsp3) is 0.375. The number of amides is 2. The number of aromatic hydroxyl groups is 1. The molecule has 0 spiro atoms. The summed E-state index contributed by atoms with van der Waals surface area (Å²) in [4.78, 5) is 47.0. The number of carbonyl (C=O) groups excluding carboxylic acids is 2. The van der Waals surface area contributed by atoms with E-state index in [4.69, 9.17) is 14.7 Å². The van der Waals surface area contributed by atoms with Gasteiger partial charge in [0.15, 0.2) is 0 Å². The summed E-state index contributed by atoms with van der Waals surface area (Å²) in [6.07, 6.45) is 11.3. The molecule has 2 aliphatic rings. The molecule has 2 aliphatic heterocycles. The van der Waals surface area contributed by atoms with Gasteiger partial charge in [-0.3, -0.25) is 19.6 Å². The molecule has 0 radical (unpaired) electrons. The number of halogens is 1. The standard InChI is InChI=1S/C24H28N4O2.C13H14BrN3.C11H15NO2/c1-24(2,3)23(29)26-17-8-7-9-18(14-17)30-19-10-11-20-21(15-19)27-22(16-25-20)28-12-5-4-6-13-28;14-10-4-5-11-12(8-10)16-13(9-15-11)17-6-2-1-3-7-17;1-11(2,3)10(14)12-8-5-4-6-9(13)7-8/h7-11,14-16H,4-6,12-13H2,1-3H3,(H,26,29);4-5,8-9H,1-3,6-7H2;4-7,13H,1-3H3,(H,12,14). The average Bonchev–Trinajstić information content (AvgIpc) is 3.24. The molecule has 4 heterocycles. The Hall–Kier alpha value is -5.82. The summed E-state index contributed by atoms with van der Waals surface area (Å²) in [6.45, 7) is 15.4. The van der Waals surface area contributed by atoms with Crippen LogP contribution in [0.3, 0.4) is 0 Å². The zero-order valence-electron chi connectivity index (χ0n) is 36.0. The molecule has 6 aromatic rings. The lowest BCUT2D eigenvalue weighted by atomic mass is 9.95. The summed E-state index contributed by atoms with van der Waals surface area (Å²) in [6, 6.07) is 25.6. The predicted octanol–water partition coefficient (Wildman–Crippen LogP) is 11.2. The van der Waals surface area contributed by atoms with Crippen molar-refractivity contribution in [2.45, 2.75) is 80.1 Å². The van der Waals surface area contributed by atoms with Crippen LogP contribution in [0, 0.1) is 10.8 Å². The molecule has 2 amide bonds. The van der Waals surface area contributed by atoms with Gasteiger partial charge in [0.25, 0.3) is 0 Å². The first-order valence-corrected chi connectivity index (χ1v) is 21.8. The minimum Gasteiger partial charge on any atom is -0.508 e. The maximum atomic E-state index is 12.2. The Balaban J connectivity index is 0.000000169. The Bertz CT molecular complexity index is 2440. The summed E-state index contributed by atoms with van der Waals surface area (Å²) < 4.78 is 7.10. The van der Waals surface area contributed by atoms with Crippen molar-refractivity contribution in [3.63, 3.8) is 0 Å². The normalized spacial score (nSPS) is 14.3. The van der Waals surface area contributed by atoms with E-state index in [2.05, 4.69) is 46.3 Å². The summed E-state index contributed by atoms with van der Waals surface area (Å²) in [7, 11) is 0. The minimum atomic E-state index is -0.458. The van der Waals surface area contributed by atoms with Crippen LogP contribution in [0.5, 0.6) is 17.2 Å². The number of anilines is 4. The molecule has 3 N–H and O–H groups in total. The lowest BCUT2D eigenvalue weighted by molar-refractivity contribution is -0.123. The number of nitrogens with zero attached hydrogens (tertiary/aromatic N) is 6. The first-order valence-electron chi connectivity index (χ1n) is 21.0. The van der Waals surface area contributed by atoms with Crippen LogP contribution in [0.1, 0.15) is 80.1 Å². The predicted molar refractivity (Wildman–Crippen MR) is 250 cm³/mol. The molecule has 2 saturated heterocycles. The van der Waals surface area contributed by atoms with Crippen LogP contribution >= 0.6 is 15.9 Å². The number of hydrogen-bond acceptors (Lipinski definition) is 10. The van der Waals surface area contributed by atoms with Crippen LogP contribution in [-0.4, -0.2) is 63.0 Å². The van der Waals surface area contributed by atoms with Crippen molar-refractivity contribution in [3.8, 4) is 17.2 Å². The zero-order chi connectivity index (χ0) is 43.6. The van der Waals surface area contributed by atoms with E-state index in [-0.39, 0.29) is 17.6 Å². The number of hydrogen-bond donors (Lipinski definition) is 3. The van der Waals surface area contributed by atoms with E-state index in [0.29, 0.717) is 22.9 Å². The molecule has 0 unspecified atom stereocenters. The van der Waals surface area contributed by atoms with Gasteiger partial charge < -0.3 is 30.3 Å². The number of phenols is 1. The second kappa shape index (κ2) is 20.2. The SMILES string of the molecule is Brc1ccc2ncc(N3CCCCC3)nc2c1.CC(C)(C)C(=O)Nc1cccc(O)c1.CC(C)(C)C(=O)Nc1cccc(Oc2ccc3ncc(N4CCCCC4)nc3c2)c1. The summed E-state index contributed by atoms with van der Waals surface area (Å²) in [5, 5.41) is 14.8. The number of benzene rings is 4. The van der Waals surface area contributed by atoms with Gasteiger partial charge in [0, 0.05) is 71.1 Å². The molecule has 0 saturated carbocycles. The van der Waals surface area contributed by atoms with Gasteiger partial charge in [0.1, 0.15) is 28.9 Å². The molecule has 4 aromatic carbocycles. The Morgan fingerprint density at radius 3 is 1.59 bits per heavy atom. The Labute approximate surface area is 367 Å². The van der Waals surface area contributed by atoms with Gasteiger partial charge in [-0.1, -0.05) is 69.6 Å². The fourth-order valence-electron chi connectivity index (χ4n) is 6.56. The highest BCUT2D eigenvalue weighted by Crippen LogP contribution is 2.29. The Kier molecular flexibility index (Phi) is 14.8. The minimum absolute atomic E-state index is 0.0362. The van der Waals surface area contributed by atoms with Crippen LogP contribution in [0.15, 0.2) is 102 Å². The Morgan fingerprint density at radius 1 is 0.590 bits per heavy atom. The van der Waals surface area contributed by atoms with Crippen molar-refractivity contribution in [2.75, 3.05) is 46.6 Å². The maximum Gasteiger partial charge on any atom is 0.229 e. The maximum absolute atomic E-state index is 12.2. The fourth-order valence-corrected chi connectivity index (χ4v) is 6.91. The van der Waals surface area contributed by atoms with Gasteiger partial charge in [0.2, 0.25) is 11.8 Å². The first-order chi connectivity index (χ1) is 29.1. The van der Waals surface area contributed by atoms with Crippen LogP contribution in [0.2, 0.25) is 0 Å². The number of phenolic OH excluding ortho intramolecular Hbond substituents is 1. The van der Waals surface area contributed by atoms with Crippen LogP contribution in [0.4, 0.5) is 23.0 Å².